The zero-order valence-electron chi connectivity index (χ0n) is 16.0. The molecule has 9 nitrogen and oxygen atoms in total. The summed E-state index contributed by atoms with van der Waals surface area (Å²) in [6, 6.07) is 9.59. The third-order valence-electron chi connectivity index (χ3n) is 5.75. The minimum absolute atomic E-state index is 0.0465. The van der Waals surface area contributed by atoms with Gasteiger partial charge in [-0.15, -0.1) is 0 Å². The van der Waals surface area contributed by atoms with Crippen LogP contribution in [0.15, 0.2) is 34.9 Å². The minimum atomic E-state index is -3.47. The van der Waals surface area contributed by atoms with Gasteiger partial charge in [-0.3, -0.25) is 4.90 Å². The van der Waals surface area contributed by atoms with Gasteiger partial charge in [0.15, 0.2) is 5.82 Å². The molecule has 4 rings (SSSR count). The van der Waals surface area contributed by atoms with Crippen molar-refractivity contribution in [3.8, 4) is 11.5 Å². The molecular formula is C18H25N5O4S. The Morgan fingerprint density at radius 1 is 1.25 bits per heavy atom. The maximum absolute atomic E-state index is 12.5. The van der Waals surface area contributed by atoms with E-state index < -0.39 is 15.6 Å². The van der Waals surface area contributed by atoms with Crippen molar-refractivity contribution in [3.05, 3.63) is 36.2 Å². The Kier molecular flexibility index (Phi) is 5.00. The van der Waals surface area contributed by atoms with Crippen molar-refractivity contribution in [2.24, 2.45) is 11.3 Å². The highest BCUT2D eigenvalue weighted by Crippen LogP contribution is 2.43. The van der Waals surface area contributed by atoms with Crippen LogP contribution in [0.25, 0.3) is 11.5 Å². The standard InChI is InChI=1S/C18H25N5O4S/c1-21(2)28(25,26)23-9-15-8-22(11-18(15,12-23)13-24)10-16-19-17(27-20-16)14-6-4-3-5-7-14/h3-7,15,24H,8-13H2,1-2H3/t15-,18+/m0/s1. The van der Waals surface area contributed by atoms with Gasteiger partial charge in [0, 0.05) is 51.3 Å². The van der Waals surface area contributed by atoms with Gasteiger partial charge in [-0.05, 0) is 18.1 Å². The van der Waals surface area contributed by atoms with Gasteiger partial charge in [-0.25, -0.2) is 0 Å². The van der Waals surface area contributed by atoms with Crippen LogP contribution < -0.4 is 0 Å². The molecule has 2 fully saturated rings. The van der Waals surface area contributed by atoms with Crippen molar-refractivity contribution in [2.45, 2.75) is 6.54 Å². The van der Waals surface area contributed by atoms with Crippen molar-refractivity contribution < 1.29 is 18.0 Å². The Balaban J connectivity index is 1.44. The molecule has 0 saturated carbocycles. The largest absolute Gasteiger partial charge is 0.396 e. The Hall–Kier alpha value is -1.85. The molecule has 1 aromatic heterocycles. The highest BCUT2D eigenvalue weighted by atomic mass is 32.2. The van der Waals surface area contributed by atoms with E-state index >= 15 is 0 Å². The second-order valence-corrected chi connectivity index (χ2v) is 9.99. The van der Waals surface area contributed by atoms with E-state index in [1.807, 2.05) is 30.3 Å². The van der Waals surface area contributed by atoms with Crippen LogP contribution in [0.4, 0.5) is 0 Å². The van der Waals surface area contributed by atoms with Gasteiger partial charge >= 0.3 is 0 Å². The van der Waals surface area contributed by atoms with Crippen LogP contribution >= 0.6 is 0 Å². The van der Waals surface area contributed by atoms with E-state index in [4.69, 9.17) is 4.52 Å². The van der Waals surface area contributed by atoms with Gasteiger partial charge in [0.25, 0.3) is 16.1 Å². The third kappa shape index (κ3) is 3.35. The van der Waals surface area contributed by atoms with Crippen LogP contribution in [0.3, 0.4) is 0 Å². The highest BCUT2D eigenvalue weighted by molar-refractivity contribution is 7.86. The summed E-state index contributed by atoms with van der Waals surface area (Å²) in [4.78, 5) is 6.64. The topological polar surface area (TPSA) is 103 Å². The maximum atomic E-state index is 12.5. The number of aliphatic hydroxyl groups excluding tert-OH is 1. The molecule has 3 heterocycles. The number of hydrogen-bond donors (Lipinski definition) is 1. The first-order valence-electron chi connectivity index (χ1n) is 9.23. The van der Waals surface area contributed by atoms with Crippen molar-refractivity contribution in [3.63, 3.8) is 0 Å². The van der Waals surface area contributed by atoms with Gasteiger partial charge in [-0.2, -0.15) is 22.0 Å². The fourth-order valence-corrected chi connectivity index (χ4v) is 5.46. The predicted molar refractivity (Wildman–Crippen MR) is 102 cm³/mol. The fraction of sp³-hybridized carbons (Fsp3) is 0.556. The lowest BCUT2D eigenvalue weighted by Gasteiger charge is -2.27. The Morgan fingerprint density at radius 2 is 2.00 bits per heavy atom. The molecule has 1 aromatic carbocycles. The summed E-state index contributed by atoms with van der Waals surface area (Å²) in [5.74, 6) is 1.15. The molecule has 28 heavy (non-hydrogen) atoms. The Morgan fingerprint density at radius 3 is 2.64 bits per heavy atom. The first-order valence-corrected chi connectivity index (χ1v) is 10.6. The minimum Gasteiger partial charge on any atom is -0.396 e. The molecule has 0 aliphatic carbocycles. The van der Waals surface area contributed by atoms with Crippen molar-refractivity contribution in [1.29, 1.82) is 0 Å². The van der Waals surface area contributed by atoms with Crippen LogP contribution in [0.1, 0.15) is 5.82 Å². The van der Waals surface area contributed by atoms with Gasteiger partial charge in [0.1, 0.15) is 0 Å². The molecule has 10 heteroatoms. The fourth-order valence-electron chi connectivity index (χ4n) is 4.21. The molecule has 0 radical (unpaired) electrons. The summed E-state index contributed by atoms with van der Waals surface area (Å²) in [6.07, 6.45) is 0. The van der Waals surface area contributed by atoms with E-state index in [1.165, 1.54) is 22.7 Å². The van der Waals surface area contributed by atoms with Gasteiger partial charge in [-0.1, -0.05) is 23.4 Å². The average molecular weight is 407 g/mol. The molecule has 2 atom stereocenters. The summed E-state index contributed by atoms with van der Waals surface area (Å²) < 4.78 is 33.0. The molecule has 2 saturated heterocycles. The summed E-state index contributed by atoms with van der Waals surface area (Å²) >= 11 is 0. The molecule has 0 amide bonds. The van der Waals surface area contributed by atoms with Crippen molar-refractivity contribution >= 4 is 10.2 Å². The predicted octanol–water partition coefficient (Wildman–Crippen LogP) is 0.269. The molecular weight excluding hydrogens is 382 g/mol. The lowest BCUT2D eigenvalue weighted by molar-refractivity contribution is 0.118. The molecule has 2 aromatic rings. The average Bonchev–Trinajstić information content (AvgIpc) is 3.35. The molecule has 0 spiro atoms. The van der Waals surface area contributed by atoms with Gasteiger partial charge < -0.3 is 9.63 Å². The maximum Gasteiger partial charge on any atom is 0.281 e. The number of likely N-dealkylation sites (tertiary alicyclic amines) is 1. The molecule has 2 aliphatic heterocycles. The number of nitrogens with zero attached hydrogens (tertiary/aromatic N) is 5. The van der Waals surface area contributed by atoms with E-state index in [0.29, 0.717) is 44.4 Å². The number of aromatic nitrogens is 2. The van der Waals surface area contributed by atoms with Gasteiger partial charge in [0.2, 0.25) is 0 Å². The third-order valence-corrected chi connectivity index (χ3v) is 7.61. The lowest BCUT2D eigenvalue weighted by Crippen LogP contribution is -2.42. The Labute approximate surface area is 164 Å². The zero-order valence-corrected chi connectivity index (χ0v) is 16.8. The number of aliphatic hydroxyl groups is 1. The van der Waals surface area contributed by atoms with E-state index in [0.717, 1.165) is 5.56 Å². The second kappa shape index (κ2) is 7.20. The Bertz CT molecular complexity index is 932. The second-order valence-electron chi connectivity index (χ2n) is 7.85. The first-order chi connectivity index (χ1) is 13.3. The van der Waals surface area contributed by atoms with E-state index in [1.54, 1.807) is 0 Å². The monoisotopic (exact) mass is 407 g/mol. The van der Waals surface area contributed by atoms with E-state index in [2.05, 4.69) is 15.0 Å². The number of fused-ring (bicyclic) bond motifs is 1. The van der Waals surface area contributed by atoms with Gasteiger partial charge in [0.05, 0.1) is 13.2 Å². The summed E-state index contributed by atoms with van der Waals surface area (Å²) in [5.41, 5.74) is 0.422. The van der Waals surface area contributed by atoms with E-state index in [9.17, 15) is 13.5 Å². The van der Waals surface area contributed by atoms with Crippen molar-refractivity contribution in [1.82, 2.24) is 23.7 Å². The lowest BCUT2D eigenvalue weighted by atomic mass is 9.82. The first kappa shape index (κ1) is 19.5. The molecule has 1 N–H and O–H groups in total. The SMILES string of the molecule is CN(C)S(=O)(=O)N1C[C@@H]2CN(Cc3noc(-c4ccccc4)n3)C[C@]2(CO)C1. The summed E-state index contributed by atoms with van der Waals surface area (Å²) in [6.45, 7) is 2.49. The molecule has 0 unspecified atom stereocenters. The molecule has 2 aliphatic rings. The van der Waals surface area contributed by atoms with E-state index in [-0.39, 0.29) is 12.5 Å². The normalized spacial score (nSPS) is 26.2. The number of benzene rings is 1. The van der Waals surface area contributed by atoms with Crippen LogP contribution in [0, 0.1) is 11.3 Å². The smallest absolute Gasteiger partial charge is 0.281 e. The summed E-state index contributed by atoms with van der Waals surface area (Å²) in [5, 5.41) is 14.1. The van der Waals surface area contributed by atoms with Crippen LogP contribution in [-0.4, -0.2) is 84.1 Å². The zero-order chi connectivity index (χ0) is 19.9. The van der Waals surface area contributed by atoms with Crippen LogP contribution in [-0.2, 0) is 16.8 Å². The number of rotatable bonds is 6. The van der Waals surface area contributed by atoms with Crippen LogP contribution in [0.2, 0.25) is 0 Å². The van der Waals surface area contributed by atoms with Crippen molar-refractivity contribution in [2.75, 3.05) is 46.9 Å². The highest BCUT2D eigenvalue weighted by Gasteiger charge is 2.54. The summed E-state index contributed by atoms with van der Waals surface area (Å²) in [7, 11) is -0.414. The van der Waals surface area contributed by atoms with Crippen LogP contribution in [0.5, 0.6) is 0 Å². The molecule has 0 bridgehead atoms. The molecule has 152 valence electrons. The quantitative estimate of drug-likeness (QED) is 0.733. The number of hydrogen-bond acceptors (Lipinski definition) is 7.